The zero-order chi connectivity index (χ0) is 18.5. The molecule has 9 nitrogen and oxygen atoms in total. The van der Waals surface area contributed by atoms with E-state index in [2.05, 4.69) is 20.4 Å². The molecule has 1 aromatic carbocycles. The lowest BCUT2D eigenvalue weighted by Crippen LogP contribution is -2.24. The summed E-state index contributed by atoms with van der Waals surface area (Å²) in [6.07, 6.45) is 3.97. The number of carbonyl (C=O) groups excluding carboxylic acids is 1. The molecule has 0 bridgehead atoms. The molecule has 0 fully saturated rings. The molecule has 0 saturated carbocycles. The molecule has 134 valence electrons. The second-order valence-corrected chi connectivity index (χ2v) is 5.52. The van der Waals surface area contributed by atoms with E-state index in [1.54, 1.807) is 25.5 Å². The Morgan fingerprint density at radius 3 is 2.77 bits per heavy atom. The van der Waals surface area contributed by atoms with E-state index < -0.39 is 0 Å². The Morgan fingerprint density at radius 2 is 2.12 bits per heavy atom. The van der Waals surface area contributed by atoms with Crippen LogP contribution < -0.4 is 16.0 Å². The van der Waals surface area contributed by atoms with E-state index in [1.807, 2.05) is 24.3 Å². The number of benzene rings is 1. The van der Waals surface area contributed by atoms with E-state index in [-0.39, 0.29) is 24.9 Å². The number of nitrogens with two attached hydrogens (primary N) is 1. The number of carbonyl (C=O) groups is 1. The lowest BCUT2D eigenvalue weighted by Gasteiger charge is -2.21. The van der Waals surface area contributed by atoms with Crippen molar-refractivity contribution in [3.63, 3.8) is 0 Å². The maximum atomic E-state index is 11.8. The van der Waals surface area contributed by atoms with E-state index in [4.69, 9.17) is 5.73 Å². The summed E-state index contributed by atoms with van der Waals surface area (Å²) in [6, 6.07) is 9.07. The van der Waals surface area contributed by atoms with Gasteiger partial charge in [0.1, 0.15) is 5.69 Å². The third-order valence-corrected chi connectivity index (χ3v) is 3.79. The molecule has 0 spiro atoms. The SMILES string of the molecule is CNc1c(N)nc(-n2cccn2)nc1N(C=O)Cc1cccc(CO)c1. The lowest BCUT2D eigenvalue weighted by molar-refractivity contribution is -0.107. The number of anilines is 3. The first-order valence-corrected chi connectivity index (χ1v) is 7.92. The first-order valence-electron chi connectivity index (χ1n) is 7.92. The molecule has 1 amide bonds. The zero-order valence-corrected chi connectivity index (χ0v) is 14.2. The topological polar surface area (TPSA) is 122 Å². The summed E-state index contributed by atoms with van der Waals surface area (Å²) in [5, 5.41) is 16.3. The van der Waals surface area contributed by atoms with Gasteiger partial charge in [0.2, 0.25) is 6.41 Å². The van der Waals surface area contributed by atoms with Gasteiger partial charge in [-0.05, 0) is 17.2 Å². The minimum atomic E-state index is -0.0689. The Bertz CT molecular complexity index is 896. The van der Waals surface area contributed by atoms with Gasteiger partial charge in [-0.3, -0.25) is 9.69 Å². The molecule has 0 radical (unpaired) electrons. The molecule has 0 aliphatic heterocycles. The maximum absolute atomic E-state index is 11.8. The van der Waals surface area contributed by atoms with E-state index in [0.29, 0.717) is 17.9 Å². The molecular formula is C17H19N7O2. The third kappa shape index (κ3) is 3.47. The Morgan fingerprint density at radius 1 is 1.31 bits per heavy atom. The number of hydrogen-bond acceptors (Lipinski definition) is 7. The van der Waals surface area contributed by atoms with Crippen LogP contribution in [0.3, 0.4) is 0 Å². The highest BCUT2D eigenvalue weighted by Gasteiger charge is 2.19. The molecule has 4 N–H and O–H groups in total. The van der Waals surface area contributed by atoms with Gasteiger partial charge in [-0.15, -0.1) is 0 Å². The molecule has 2 aromatic heterocycles. The molecule has 0 saturated heterocycles. The number of nitrogens with one attached hydrogen (secondary N) is 1. The third-order valence-electron chi connectivity index (χ3n) is 3.79. The number of aliphatic hydroxyl groups excluding tert-OH is 1. The van der Waals surface area contributed by atoms with Gasteiger partial charge in [0.05, 0.1) is 13.2 Å². The van der Waals surface area contributed by atoms with Crippen LogP contribution >= 0.6 is 0 Å². The van der Waals surface area contributed by atoms with Crippen LogP contribution in [0.15, 0.2) is 42.7 Å². The van der Waals surface area contributed by atoms with Crippen molar-refractivity contribution in [3.8, 4) is 5.95 Å². The fourth-order valence-electron chi connectivity index (χ4n) is 2.58. The summed E-state index contributed by atoms with van der Waals surface area (Å²) in [4.78, 5) is 21.9. The fraction of sp³-hybridized carbons (Fsp3) is 0.176. The van der Waals surface area contributed by atoms with Crippen molar-refractivity contribution in [2.45, 2.75) is 13.2 Å². The number of aliphatic hydroxyl groups is 1. The maximum Gasteiger partial charge on any atom is 0.254 e. The van der Waals surface area contributed by atoms with Crippen LogP contribution in [-0.2, 0) is 17.9 Å². The van der Waals surface area contributed by atoms with E-state index in [0.717, 1.165) is 11.1 Å². The van der Waals surface area contributed by atoms with Crippen molar-refractivity contribution >= 4 is 23.7 Å². The monoisotopic (exact) mass is 353 g/mol. The lowest BCUT2D eigenvalue weighted by atomic mass is 10.1. The van der Waals surface area contributed by atoms with Crippen molar-refractivity contribution in [3.05, 3.63) is 53.9 Å². The Balaban J connectivity index is 2.02. The number of hydrogen-bond donors (Lipinski definition) is 3. The van der Waals surface area contributed by atoms with Gasteiger partial charge in [-0.25, -0.2) is 4.68 Å². The van der Waals surface area contributed by atoms with Crippen molar-refractivity contribution in [1.29, 1.82) is 0 Å². The predicted molar refractivity (Wildman–Crippen MR) is 97.7 cm³/mol. The summed E-state index contributed by atoms with van der Waals surface area (Å²) < 4.78 is 1.47. The largest absolute Gasteiger partial charge is 0.392 e. The van der Waals surface area contributed by atoms with E-state index in [1.165, 1.54) is 9.58 Å². The van der Waals surface area contributed by atoms with Gasteiger partial charge in [0.15, 0.2) is 11.6 Å². The highest BCUT2D eigenvalue weighted by atomic mass is 16.3. The number of rotatable bonds is 7. The van der Waals surface area contributed by atoms with Gasteiger partial charge < -0.3 is 16.2 Å². The summed E-state index contributed by atoms with van der Waals surface area (Å²) in [5.74, 6) is 0.811. The summed E-state index contributed by atoms with van der Waals surface area (Å²) in [7, 11) is 1.68. The Hall–Kier alpha value is -3.46. The van der Waals surface area contributed by atoms with Crippen molar-refractivity contribution in [2.75, 3.05) is 23.0 Å². The molecule has 0 atom stereocenters. The van der Waals surface area contributed by atoms with E-state index >= 15 is 0 Å². The van der Waals surface area contributed by atoms with Crippen LogP contribution in [0.5, 0.6) is 0 Å². The van der Waals surface area contributed by atoms with Crippen LogP contribution in [-0.4, -0.2) is 38.3 Å². The summed E-state index contributed by atoms with van der Waals surface area (Å²) in [6.45, 7) is 0.196. The predicted octanol–water partition coefficient (Wildman–Crippen LogP) is 0.941. The van der Waals surface area contributed by atoms with Gasteiger partial charge in [-0.1, -0.05) is 24.3 Å². The number of amides is 1. The van der Waals surface area contributed by atoms with Crippen LogP contribution in [0.25, 0.3) is 5.95 Å². The molecule has 3 rings (SSSR count). The summed E-state index contributed by atoms with van der Waals surface area (Å²) in [5.41, 5.74) is 8.11. The normalized spacial score (nSPS) is 10.5. The first kappa shape index (κ1) is 17.4. The molecule has 0 aliphatic carbocycles. The van der Waals surface area contributed by atoms with E-state index in [9.17, 15) is 9.90 Å². The van der Waals surface area contributed by atoms with Crippen LogP contribution in [0.4, 0.5) is 17.3 Å². The van der Waals surface area contributed by atoms with Crippen molar-refractivity contribution < 1.29 is 9.90 Å². The van der Waals surface area contributed by atoms with Gasteiger partial charge in [-0.2, -0.15) is 15.1 Å². The molecule has 3 aromatic rings. The quantitative estimate of drug-likeness (QED) is 0.540. The van der Waals surface area contributed by atoms with Crippen LogP contribution in [0.2, 0.25) is 0 Å². The molecule has 0 unspecified atom stereocenters. The van der Waals surface area contributed by atoms with Crippen molar-refractivity contribution in [1.82, 2.24) is 19.7 Å². The highest BCUT2D eigenvalue weighted by molar-refractivity contribution is 5.85. The minimum absolute atomic E-state index is 0.0689. The van der Waals surface area contributed by atoms with Gasteiger partial charge in [0.25, 0.3) is 5.95 Å². The molecule has 2 heterocycles. The van der Waals surface area contributed by atoms with Crippen LogP contribution in [0.1, 0.15) is 11.1 Å². The van der Waals surface area contributed by atoms with Crippen LogP contribution in [0, 0.1) is 0 Å². The Kier molecular flexibility index (Phi) is 5.09. The number of aromatic nitrogens is 4. The zero-order valence-electron chi connectivity index (χ0n) is 14.2. The first-order chi connectivity index (χ1) is 12.7. The highest BCUT2D eigenvalue weighted by Crippen LogP contribution is 2.29. The molecule has 0 aliphatic rings. The Labute approximate surface area is 150 Å². The number of nitrogens with zero attached hydrogens (tertiary/aromatic N) is 5. The fourth-order valence-corrected chi connectivity index (χ4v) is 2.58. The smallest absolute Gasteiger partial charge is 0.254 e. The second-order valence-electron chi connectivity index (χ2n) is 5.52. The average molecular weight is 353 g/mol. The van der Waals surface area contributed by atoms with Gasteiger partial charge in [0, 0.05) is 19.4 Å². The van der Waals surface area contributed by atoms with Gasteiger partial charge >= 0.3 is 0 Å². The summed E-state index contributed by atoms with van der Waals surface area (Å²) >= 11 is 0. The molecule has 26 heavy (non-hydrogen) atoms. The standard InChI is InChI=1S/C17H19N7O2/c1-19-14-15(18)21-17(24-7-3-6-20-24)22-16(14)23(11-26)9-12-4-2-5-13(8-12)10-25/h2-8,11,19,25H,9-10H2,1H3,(H2,18,21,22). The molecule has 9 heteroatoms. The molecular weight excluding hydrogens is 334 g/mol. The van der Waals surface area contributed by atoms with Crippen molar-refractivity contribution in [2.24, 2.45) is 0 Å². The second kappa shape index (κ2) is 7.62. The average Bonchev–Trinajstić information content (AvgIpc) is 3.20. The minimum Gasteiger partial charge on any atom is -0.392 e. The number of nitrogen functional groups attached to an aromatic ring is 1.